The van der Waals surface area contributed by atoms with Gasteiger partial charge in [0.25, 0.3) is 0 Å². The van der Waals surface area contributed by atoms with Gasteiger partial charge in [-0.3, -0.25) is 4.79 Å². The molecule has 0 amide bonds. The second kappa shape index (κ2) is 6.77. The van der Waals surface area contributed by atoms with Crippen LogP contribution in [0.2, 0.25) is 5.02 Å². The van der Waals surface area contributed by atoms with Crippen molar-refractivity contribution in [2.75, 3.05) is 0 Å². The Labute approximate surface area is 125 Å². The fraction of sp³-hybridized carbons (Fsp3) is 0.133. The summed E-state index contributed by atoms with van der Waals surface area (Å²) in [6.07, 6.45) is 0.0263. The standard InChI is InChI=1S/C15H12ClFO2S/c16-13-7-11(3-6-14(13)17)9-20-12-4-1-10(2-5-12)8-15(18)19/h1-7H,8-9H2,(H,18,19). The first-order valence-electron chi connectivity index (χ1n) is 5.92. The van der Waals surface area contributed by atoms with Crippen LogP contribution in [0.3, 0.4) is 0 Å². The van der Waals surface area contributed by atoms with Crippen molar-refractivity contribution in [3.05, 3.63) is 64.4 Å². The minimum absolute atomic E-state index is 0.0263. The lowest BCUT2D eigenvalue weighted by Crippen LogP contribution is -1.99. The number of halogens is 2. The van der Waals surface area contributed by atoms with Gasteiger partial charge in [0.15, 0.2) is 0 Å². The van der Waals surface area contributed by atoms with Crippen LogP contribution >= 0.6 is 23.4 Å². The van der Waals surface area contributed by atoms with E-state index in [4.69, 9.17) is 16.7 Å². The van der Waals surface area contributed by atoms with Crippen LogP contribution in [0, 0.1) is 5.82 Å². The lowest BCUT2D eigenvalue weighted by atomic mass is 10.2. The van der Waals surface area contributed by atoms with Crippen molar-refractivity contribution in [1.29, 1.82) is 0 Å². The van der Waals surface area contributed by atoms with Gasteiger partial charge in [-0.15, -0.1) is 11.8 Å². The molecule has 0 unspecified atom stereocenters. The van der Waals surface area contributed by atoms with Gasteiger partial charge < -0.3 is 5.11 Å². The predicted molar refractivity (Wildman–Crippen MR) is 78.8 cm³/mol. The highest BCUT2D eigenvalue weighted by Crippen LogP contribution is 2.25. The number of carboxylic acid groups (broad SMARTS) is 1. The van der Waals surface area contributed by atoms with Gasteiger partial charge in [-0.2, -0.15) is 0 Å². The molecular formula is C15H12ClFO2S. The lowest BCUT2D eigenvalue weighted by molar-refractivity contribution is -0.136. The van der Waals surface area contributed by atoms with Crippen molar-refractivity contribution in [2.45, 2.75) is 17.1 Å². The van der Waals surface area contributed by atoms with Crippen LogP contribution in [0.1, 0.15) is 11.1 Å². The Kier molecular flexibility index (Phi) is 5.04. The smallest absolute Gasteiger partial charge is 0.307 e. The fourth-order valence-corrected chi connectivity index (χ4v) is 2.72. The normalized spacial score (nSPS) is 10.5. The molecule has 0 spiro atoms. The van der Waals surface area contributed by atoms with Crippen LogP contribution in [-0.2, 0) is 17.0 Å². The molecule has 0 heterocycles. The number of rotatable bonds is 5. The highest BCUT2D eigenvalue weighted by atomic mass is 35.5. The summed E-state index contributed by atoms with van der Waals surface area (Å²) in [5.41, 5.74) is 1.71. The SMILES string of the molecule is O=C(O)Cc1ccc(SCc2ccc(F)c(Cl)c2)cc1. The maximum absolute atomic E-state index is 13.0. The first kappa shape index (κ1) is 14.9. The van der Waals surface area contributed by atoms with E-state index in [2.05, 4.69) is 0 Å². The molecule has 0 bridgehead atoms. The Balaban J connectivity index is 1.96. The van der Waals surface area contributed by atoms with E-state index in [0.29, 0.717) is 5.75 Å². The van der Waals surface area contributed by atoms with Crippen LogP contribution in [0.15, 0.2) is 47.4 Å². The number of hydrogen-bond acceptors (Lipinski definition) is 2. The summed E-state index contributed by atoms with van der Waals surface area (Å²) in [4.78, 5) is 11.6. The predicted octanol–water partition coefficient (Wildman–Crippen LogP) is 4.40. The van der Waals surface area contributed by atoms with Crippen molar-refractivity contribution >= 4 is 29.3 Å². The molecule has 2 aromatic carbocycles. The van der Waals surface area contributed by atoms with E-state index >= 15 is 0 Å². The number of benzene rings is 2. The molecule has 0 fully saturated rings. The maximum Gasteiger partial charge on any atom is 0.307 e. The van der Waals surface area contributed by atoms with Crippen LogP contribution in [0.4, 0.5) is 4.39 Å². The van der Waals surface area contributed by atoms with Gasteiger partial charge in [-0.1, -0.05) is 29.8 Å². The molecule has 2 rings (SSSR count). The highest BCUT2D eigenvalue weighted by molar-refractivity contribution is 7.98. The molecule has 0 aliphatic carbocycles. The summed E-state index contributed by atoms with van der Waals surface area (Å²) in [6.45, 7) is 0. The Morgan fingerprint density at radius 2 is 1.80 bits per heavy atom. The first-order valence-corrected chi connectivity index (χ1v) is 7.28. The minimum atomic E-state index is -0.841. The summed E-state index contributed by atoms with van der Waals surface area (Å²) in [7, 11) is 0. The quantitative estimate of drug-likeness (QED) is 0.832. The molecule has 104 valence electrons. The third kappa shape index (κ3) is 4.25. The van der Waals surface area contributed by atoms with E-state index in [-0.39, 0.29) is 11.4 Å². The number of aliphatic carboxylic acids is 1. The van der Waals surface area contributed by atoms with Gasteiger partial charge in [-0.25, -0.2) is 4.39 Å². The zero-order valence-corrected chi connectivity index (χ0v) is 12.0. The molecular weight excluding hydrogens is 299 g/mol. The van der Waals surface area contributed by atoms with Gasteiger partial charge in [0, 0.05) is 10.6 Å². The van der Waals surface area contributed by atoms with Crippen LogP contribution in [-0.4, -0.2) is 11.1 Å². The molecule has 0 saturated heterocycles. The Bertz CT molecular complexity index is 614. The average Bonchev–Trinajstić information content (AvgIpc) is 2.41. The van der Waals surface area contributed by atoms with E-state index in [9.17, 15) is 9.18 Å². The van der Waals surface area contributed by atoms with Crippen LogP contribution in [0.25, 0.3) is 0 Å². The van der Waals surface area contributed by atoms with Crippen LogP contribution < -0.4 is 0 Å². The second-order valence-electron chi connectivity index (χ2n) is 4.25. The summed E-state index contributed by atoms with van der Waals surface area (Å²) < 4.78 is 13.0. The molecule has 0 atom stereocenters. The van der Waals surface area contributed by atoms with Crippen molar-refractivity contribution in [3.63, 3.8) is 0 Å². The number of carbonyl (C=O) groups is 1. The molecule has 2 aromatic rings. The summed E-state index contributed by atoms with van der Waals surface area (Å²) in [5, 5.41) is 8.81. The van der Waals surface area contributed by atoms with Gasteiger partial charge >= 0.3 is 5.97 Å². The molecule has 20 heavy (non-hydrogen) atoms. The zero-order valence-electron chi connectivity index (χ0n) is 10.5. The molecule has 1 N–H and O–H groups in total. The third-order valence-corrected chi connectivity index (χ3v) is 4.04. The average molecular weight is 311 g/mol. The van der Waals surface area contributed by atoms with Crippen LogP contribution in [0.5, 0.6) is 0 Å². The largest absolute Gasteiger partial charge is 0.481 e. The molecule has 5 heteroatoms. The summed E-state index contributed by atoms with van der Waals surface area (Å²) in [6, 6.07) is 12.0. The number of hydrogen-bond donors (Lipinski definition) is 1. The number of thioether (sulfide) groups is 1. The molecule has 0 saturated carbocycles. The van der Waals surface area contributed by atoms with E-state index in [0.717, 1.165) is 16.0 Å². The van der Waals surface area contributed by atoms with Crippen molar-refractivity contribution < 1.29 is 14.3 Å². The minimum Gasteiger partial charge on any atom is -0.481 e. The van der Waals surface area contributed by atoms with Gasteiger partial charge in [0.1, 0.15) is 5.82 Å². The van der Waals surface area contributed by atoms with Gasteiger partial charge in [-0.05, 0) is 35.4 Å². The van der Waals surface area contributed by atoms with E-state index < -0.39 is 11.8 Å². The highest BCUT2D eigenvalue weighted by Gasteiger charge is 2.03. The van der Waals surface area contributed by atoms with Gasteiger partial charge in [0.05, 0.1) is 11.4 Å². The first-order chi connectivity index (χ1) is 9.54. The Morgan fingerprint density at radius 3 is 2.40 bits per heavy atom. The Hall–Kier alpha value is -1.52. The number of carboxylic acids is 1. The van der Waals surface area contributed by atoms with E-state index in [1.54, 1.807) is 36.0 Å². The van der Waals surface area contributed by atoms with Crippen molar-refractivity contribution in [1.82, 2.24) is 0 Å². The van der Waals surface area contributed by atoms with E-state index in [1.807, 2.05) is 12.1 Å². The summed E-state index contributed by atoms with van der Waals surface area (Å²) >= 11 is 7.31. The zero-order chi connectivity index (χ0) is 14.5. The van der Waals surface area contributed by atoms with Crippen molar-refractivity contribution in [3.8, 4) is 0 Å². The molecule has 0 aromatic heterocycles. The third-order valence-electron chi connectivity index (χ3n) is 2.67. The molecule has 0 radical (unpaired) electrons. The molecule has 0 aliphatic heterocycles. The Morgan fingerprint density at radius 1 is 1.15 bits per heavy atom. The topological polar surface area (TPSA) is 37.3 Å². The summed E-state index contributed by atoms with van der Waals surface area (Å²) in [5.74, 6) is -0.581. The van der Waals surface area contributed by atoms with Gasteiger partial charge in [0.2, 0.25) is 0 Å². The second-order valence-corrected chi connectivity index (χ2v) is 5.71. The van der Waals surface area contributed by atoms with Crippen molar-refractivity contribution in [2.24, 2.45) is 0 Å². The fourth-order valence-electron chi connectivity index (χ4n) is 1.67. The molecule has 0 aliphatic rings. The lowest BCUT2D eigenvalue weighted by Gasteiger charge is -2.04. The molecule has 2 nitrogen and oxygen atoms in total. The monoisotopic (exact) mass is 310 g/mol. The van der Waals surface area contributed by atoms with E-state index in [1.165, 1.54) is 6.07 Å². The maximum atomic E-state index is 13.0.